The summed E-state index contributed by atoms with van der Waals surface area (Å²) >= 11 is 0. The zero-order valence-electron chi connectivity index (χ0n) is 9.45. The summed E-state index contributed by atoms with van der Waals surface area (Å²) in [7, 11) is 0. The molecule has 80 valence electrons. The maximum atomic E-state index is 6.05. The van der Waals surface area contributed by atoms with Crippen LogP contribution in [0, 0.1) is 12.8 Å². The summed E-state index contributed by atoms with van der Waals surface area (Å²) in [5, 5.41) is 1.14. The molecule has 0 saturated heterocycles. The molecule has 0 fully saturated rings. The van der Waals surface area contributed by atoms with Gasteiger partial charge in [0.15, 0.2) is 0 Å². The van der Waals surface area contributed by atoms with Crippen LogP contribution >= 0.6 is 0 Å². The normalized spacial score (nSPS) is 13.7. The predicted octanol–water partition coefficient (Wildman–Crippen LogP) is 3.40. The van der Waals surface area contributed by atoms with Gasteiger partial charge in [-0.1, -0.05) is 25.5 Å². The molecule has 0 saturated carbocycles. The van der Waals surface area contributed by atoms with E-state index in [1.165, 1.54) is 5.56 Å². The molecular weight excluding hydrogens is 186 g/mol. The highest BCUT2D eigenvalue weighted by atomic mass is 16.3. The fraction of sp³-hybridized carbons (Fsp3) is 0.385. The molecule has 0 amide bonds. The topological polar surface area (TPSA) is 39.2 Å². The van der Waals surface area contributed by atoms with Crippen LogP contribution in [0.15, 0.2) is 28.7 Å². The molecule has 2 nitrogen and oxygen atoms in total. The van der Waals surface area contributed by atoms with Gasteiger partial charge in [0.2, 0.25) is 0 Å². The second kappa shape index (κ2) is 3.70. The number of benzene rings is 1. The van der Waals surface area contributed by atoms with Crippen LogP contribution < -0.4 is 5.73 Å². The first kappa shape index (κ1) is 10.2. The molecule has 1 aromatic heterocycles. The van der Waals surface area contributed by atoms with Crippen LogP contribution in [0.5, 0.6) is 0 Å². The van der Waals surface area contributed by atoms with Crippen molar-refractivity contribution in [3.63, 3.8) is 0 Å². The van der Waals surface area contributed by atoms with E-state index in [0.29, 0.717) is 5.92 Å². The Kier molecular flexibility index (Phi) is 2.53. The summed E-state index contributed by atoms with van der Waals surface area (Å²) in [5.41, 5.74) is 8.21. The zero-order valence-corrected chi connectivity index (χ0v) is 9.45. The summed E-state index contributed by atoms with van der Waals surface area (Å²) in [4.78, 5) is 0. The molecule has 2 rings (SSSR count). The van der Waals surface area contributed by atoms with Crippen LogP contribution in [-0.4, -0.2) is 0 Å². The van der Waals surface area contributed by atoms with E-state index in [1.807, 2.05) is 12.1 Å². The Balaban J connectivity index is 2.47. The van der Waals surface area contributed by atoms with Crippen molar-refractivity contribution in [2.75, 3.05) is 0 Å². The van der Waals surface area contributed by atoms with E-state index in [9.17, 15) is 0 Å². The van der Waals surface area contributed by atoms with Gasteiger partial charge < -0.3 is 10.2 Å². The molecule has 2 aromatic rings. The van der Waals surface area contributed by atoms with Crippen molar-refractivity contribution < 1.29 is 4.42 Å². The second-order valence-electron chi connectivity index (χ2n) is 4.46. The molecule has 1 aromatic carbocycles. The third-order valence-electron chi connectivity index (χ3n) is 2.74. The van der Waals surface area contributed by atoms with E-state index >= 15 is 0 Å². The molecule has 0 bridgehead atoms. The van der Waals surface area contributed by atoms with Gasteiger partial charge in [-0.2, -0.15) is 0 Å². The van der Waals surface area contributed by atoms with Gasteiger partial charge in [-0.3, -0.25) is 0 Å². The van der Waals surface area contributed by atoms with Crippen molar-refractivity contribution in [3.05, 3.63) is 35.6 Å². The van der Waals surface area contributed by atoms with Gasteiger partial charge >= 0.3 is 0 Å². The van der Waals surface area contributed by atoms with E-state index < -0.39 is 0 Å². The summed E-state index contributed by atoms with van der Waals surface area (Å²) in [6.07, 6.45) is 0. The SMILES string of the molecule is Cc1ccc2oc(C(N)C(C)C)cc2c1. The average molecular weight is 203 g/mol. The number of fused-ring (bicyclic) bond motifs is 1. The van der Waals surface area contributed by atoms with Crippen LogP contribution in [0.1, 0.15) is 31.2 Å². The van der Waals surface area contributed by atoms with Crippen LogP contribution in [0.2, 0.25) is 0 Å². The molecule has 0 spiro atoms. The quantitative estimate of drug-likeness (QED) is 0.812. The molecule has 1 unspecified atom stereocenters. The van der Waals surface area contributed by atoms with E-state index in [4.69, 9.17) is 10.2 Å². The largest absolute Gasteiger partial charge is 0.459 e. The first-order valence-electron chi connectivity index (χ1n) is 5.33. The lowest BCUT2D eigenvalue weighted by Gasteiger charge is -2.11. The standard InChI is InChI=1S/C13H17NO/c1-8(2)13(14)12-7-10-6-9(3)4-5-11(10)15-12/h4-8,13H,14H2,1-3H3. The lowest BCUT2D eigenvalue weighted by Crippen LogP contribution is -2.15. The molecule has 2 N–H and O–H groups in total. The predicted molar refractivity (Wildman–Crippen MR) is 62.7 cm³/mol. The summed E-state index contributed by atoms with van der Waals surface area (Å²) in [5.74, 6) is 1.28. The molecule has 15 heavy (non-hydrogen) atoms. The van der Waals surface area contributed by atoms with Crippen LogP contribution in [0.3, 0.4) is 0 Å². The van der Waals surface area contributed by atoms with Gasteiger partial charge in [0, 0.05) is 5.39 Å². The minimum atomic E-state index is -0.0160. The van der Waals surface area contributed by atoms with Gasteiger partial charge in [-0.15, -0.1) is 0 Å². The lowest BCUT2D eigenvalue weighted by molar-refractivity contribution is 0.418. The maximum absolute atomic E-state index is 6.05. The minimum Gasteiger partial charge on any atom is -0.459 e. The molecule has 0 radical (unpaired) electrons. The molecule has 0 aliphatic rings. The van der Waals surface area contributed by atoms with E-state index in [2.05, 4.69) is 32.9 Å². The first-order chi connectivity index (χ1) is 7.08. The molecule has 0 aliphatic carbocycles. The first-order valence-corrected chi connectivity index (χ1v) is 5.33. The molecule has 1 atom stereocenters. The number of hydrogen-bond donors (Lipinski definition) is 1. The van der Waals surface area contributed by atoms with Crippen molar-refractivity contribution in [1.29, 1.82) is 0 Å². The number of nitrogens with two attached hydrogens (primary N) is 1. The van der Waals surface area contributed by atoms with Crippen LogP contribution in [0.25, 0.3) is 11.0 Å². The van der Waals surface area contributed by atoms with Crippen molar-refractivity contribution in [3.8, 4) is 0 Å². The van der Waals surface area contributed by atoms with E-state index in [1.54, 1.807) is 0 Å². The maximum Gasteiger partial charge on any atom is 0.134 e. The Labute approximate surface area is 90.1 Å². The Morgan fingerprint density at radius 1 is 1.20 bits per heavy atom. The fourth-order valence-electron chi connectivity index (χ4n) is 1.68. The van der Waals surface area contributed by atoms with Gasteiger partial charge in [0.05, 0.1) is 6.04 Å². The van der Waals surface area contributed by atoms with Crippen molar-refractivity contribution in [2.45, 2.75) is 26.8 Å². The number of aryl methyl sites for hydroxylation is 1. The van der Waals surface area contributed by atoms with E-state index in [-0.39, 0.29) is 6.04 Å². The molecule has 1 heterocycles. The van der Waals surface area contributed by atoms with Gasteiger partial charge in [0.25, 0.3) is 0 Å². The minimum absolute atomic E-state index is 0.0160. The summed E-state index contributed by atoms with van der Waals surface area (Å²) < 4.78 is 5.72. The van der Waals surface area contributed by atoms with Crippen LogP contribution in [-0.2, 0) is 0 Å². The number of furan rings is 1. The van der Waals surface area contributed by atoms with Crippen molar-refractivity contribution in [1.82, 2.24) is 0 Å². The highest BCUT2D eigenvalue weighted by Crippen LogP contribution is 2.26. The highest BCUT2D eigenvalue weighted by Gasteiger charge is 2.15. The smallest absolute Gasteiger partial charge is 0.134 e. The Morgan fingerprint density at radius 2 is 1.93 bits per heavy atom. The molecule has 2 heteroatoms. The summed E-state index contributed by atoms with van der Waals surface area (Å²) in [6.45, 7) is 6.28. The van der Waals surface area contributed by atoms with Crippen molar-refractivity contribution >= 4 is 11.0 Å². The van der Waals surface area contributed by atoms with E-state index in [0.717, 1.165) is 16.7 Å². The average Bonchev–Trinajstić information content (AvgIpc) is 2.58. The molecule has 0 aliphatic heterocycles. The van der Waals surface area contributed by atoms with Crippen LogP contribution in [0.4, 0.5) is 0 Å². The van der Waals surface area contributed by atoms with Gasteiger partial charge in [-0.25, -0.2) is 0 Å². The third kappa shape index (κ3) is 1.90. The van der Waals surface area contributed by atoms with Gasteiger partial charge in [-0.05, 0) is 31.0 Å². The Bertz CT molecular complexity index is 470. The molecular formula is C13H17NO. The summed E-state index contributed by atoms with van der Waals surface area (Å²) in [6, 6.07) is 8.21. The fourth-order valence-corrected chi connectivity index (χ4v) is 1.68. The van der Waals surface area contributed by atoms with Gasteiger partial charge in [0.1, 0.15) is 11.3 Å². The zero-order chi connectivity index (χ0) is 11.0. The monoisotopic (exact) mass is 203 g/mol. The third-order valence-corrected chi connectivity index (χ3v) is 2.74. The Morgan fingerprint density at radius 3 is 2.60 bits per heavy atom. The van der Waals surface area contributed by atoms with Crippen molar-refractivity contribution in [2.24, 2.45) is 11.7 Å². The Hall–Kier alpha value is -1.28. The second-order valence-corrected chi connectivity index (χ2v) is 4.46. The number of hydrogen-bond acceptors (Lipinski definition) is 2. The highest BCUT2D eigenvalue weighted by molar-refractivity contribution is 5.78. The number of rotatable bonds is 2. The lowest BCUT2D eigenvalue weighted by atomic mass is 10.0.